The first kappa shape index (κ1) is 20.8. The fraction of sp³-hybridized carbons (Fsp3) is 0.867. The third kappa shape index (κ3) is 5.12. The van der Waals surface area contributed by atoms with Crippen LogP contribution in [0.25, 0.3) is 0 Å². The van der Waals surface area contributed by atoms with Gasteiger partial charge in [-0.3, -0.25) is 9.59 Å². The van der Waals surface area contributed by atoms with Gasteiger partial charge in [-0.05, 0) is 0 Å². The van der Waals surface area contributed by atoms with E-state index in [0.29, 0.717) is 0 Å². The summed E-state index contributed by atoms with van der Waals surface area (Å²) >= 11 is 0. The Balaban J connectivity index is 3.07. The molecule has 9 nitrogen and oxygen atoms in total. The van der Waals surface area contributed by atoms with Crippen molar-refractivity contribution >= 4 is 11.9 Å². The Morgan fingerprint density at radius 1 is 0.917 bits per heavy atom. The van der Waals surface area contributed by atoms with Gasteiger partial charge in [-0.25, -0.2) is 0 Å². The van der Waals surface area contributed by atoms with E-state index in [2.05, 4.69) is 0 Å². The second-order valence-corrected chi connectivity index (χ2v) is 5.26. The maximum absolute atomic E-state index is 11.5. The zero-order valence-corrected chi connectivity index (χ0v) is 14.8. The molecule has 1 aliphatic rings. The molecule has 0 aromatic carbocycles. The first-order chi connectivity index (χ1) is 11.4. The molecule has 0 aliphatic carbocycles. The molecule has 0 aromatic rings. The van der Waals surface area contributed by atoms with Crippen LogP contribution in [0, 0.1) is 0 Å². The van der Waals surface area contributed by atoms with Crippen molar-refractivity contribution < 1.29 is 42.7 Å². The van der Waals surface area contributed by atoms with Crippen LogP contribution in [0.5, 0.6) is 0 Å². The Labute approximate surface area is 141 Å². The minimum absolute atomic E-state index is 0.0444. The number of hydrogen-bond acceptors (Lipinski definition) is 9. The smallest absolute Gasteiger partial charge is 0.303 e. The van der Waals surface area contributed by atoms with Gasteiger partial charge < -0.3 is 33.2 Å². The van der Waals surface area contributed by atoms with Gasteiger partial charge in [0, 0.05) is 42.3 Å². The Morgan fingerprint density at radius 3 is 1.96 bits per heavy atom. The molecule has 0 spiro atoms. The molecule has 140 valence electrons. The highest BCUT2D eigenvalue weighted by atomic mass is 16.7. The molecular formula is C15H26O9. The van der Waals surface area contributed by atoms with Gasteiger partial charge in [0.2, 0.25) is 0 Å². The normalized spacial score (nSPS) is 31.3. The quantitative estimate of drug-likeness (QED) is 0.556. The summed E-state index contributed by atoms with van der Waals surface area (Å²) in [6, 6.07) is 0. The first-order valence-corrected chi connectivity index (χ1v) is 7.46. The van der Waals surface area contributed by atoms with E-state index >= 15 is 0 Å². The minimum Gasteiger partial charge on any atom is -0.463 e. The van der Waals surface area contributed by atoms with Crippen LogP contribution in [-0.2, 0) is 42.7 Å². The van der Waals surface area contributed by atoms with Crippen molar-refractivity contribution in [2.45, 2.75) is 50.7 Å². The number of rotatable bonds is 8. The molecule has 24 heavy (non-hydrogen) atoms. The van der Waals surface area contributed by atoms with Gasteiger partial charge in [-0.15, -0.1) is 0 Å². The Kier molecular flexibility index (Phi) is 8.57. The molecule has 1 rings (SSSR count). The lowest BCUT2D eigenvalue weighted by Crippen LogP contribution is -2.64. The first-order valence-electron chi connectivity index (χ1n) is 7.46. The highest BCUT2D eigenvalue weighted by molar-refractivity contribution is 5.66. The van der Waals surface area contributed by atoms with Gasteiger partial charge in [-0.1, -0.05) is 0 Å². The van der Waals surface area contributed by atoms with Gasteiger partial charge in [0.15, 0.2) is 12.4 Å². The highest BCUT2D eigenvalue weighted by Gasteiger charge is 2.51. The number of carbonyl (C=O) groups is 2. The number of esters is 2. The zero-order valence-electron chi connectivity index (χ0n) is 14.8. The van der Waals surface area contributed by atoms with Gasteiger partial charge in [-0.2, -0.15) is 0 Å². The number of methoxy groups -OCH3 is 4. The van der Waals surface area contributed by atoms with E-state index < -0.39 is 48.7 Å². The third-order valence-electron chi connectivity index (χ3n) is 3.73. The number of carbonyl (C=O) groups excluding carboxylic acids is 2. The maximum Gasteiger partial charge on any atom is 0.303 e. The SMILES string of the molecule is COC1O[C@H]([C@H](COC(C)=O)OC)[C@@H](OC)[C@H](OC(C)=O)[C@@H]1OC. The predicted molar refractivity (Wildman–Crippen MR) is 80.2 cm³/mol. The van der Waals surface area contributed by atoms with E-state index in [-0.39, 0.29) is 6.61 Å². The molecule has 1 heterocycles. The molecule has 1 saturated heterocycles. The fourth-order valence-electron chi connectivity index (χ4n) is 2.66. The highest BCUT2D eigenvalue weighted by Crippen LogP contribution is 2.30. The summed E-state index contributed by atoms with van der Waals surface area (Å²) < 4.78 is 37.7. The van der Waals surface area contributed by atoms with Crippen LogP contribution in [0.15, 0.2) is 0 Å². The summed E-state index contributed by atoms with van der Waals surface area (Å²) in [5.74, 6) is -0.940. The Hall–Kier alpha value is -1.26. The van der Waals surface area contributed by atoms with E-state index in [1.807, 2.05) is 0 Å². The molecule has 0 aromatic heterocycles. The lowest BCUT2D eigenvalue weighted by molar-refractivity contribution is -0.316. The topological polar surface area (TPSA) is 98.8 Å². The zero-order chi connectivity index (χ0) is 18.3. The van der Waals surface area contributed by atoms with Crippen molar-refractivity contribution in [3.05, 3.63) is 0 Å². The van der Waals surface area contributed by atoms with Gasteiger partial charge in [0.25, 0.3) is 0 Å². The van der Waals surface area contributed by atoms with Gasteiger partial charge >= 0.3 is 11.9 Å². The lowest BCUT2D eigenvalue weighted by Gasteiger charge is -2.45. The summed E-state index contributed by atoms with van der Waals surface area (Å²) in [5, 5.41) is 0. The minimum atomic E-state index is -0.814. The summed E-state index contributed by atoms with van der Waals surface area (Å²) in [6.45, 7) is 2.54. The Bertz CT molecular complexity index is 414. The monoisotopic (exact) mass is 350 g/mol. The number of ether oxygens (including phenoxy) is 7. The van der Waals surface area contributed by atoms with Crippen LogP contribution in [0.3, 0.4) is 0 Å². The van der Waals surface area contributed by atoms with Crippen LogP contribution in [-0.4, -0.2) is 83.8 Å². The van der Waals surface area contributed by atoms with Crippen molar-refractivity contribution in [3.63, 3.8) is 0 Å². The van der Waals surface area contributed by atoms with Crippen LogP contribution in [0.1, 0.15) is 13.8 Å². The molecule has 0 saturated carbocycles. The molecule has 9 heteroatoms. The molecule has 0 N–H and O–H groups in total. The van der Waals surface area contributed by atoms with Crippen molar-refractivity contribution in [2.24, 2.45) is 0 Å². The van der Waals surface area contributed by atoms with E-state index in [9.17, 15) is 9.59 Å². The van der Waals surface area contributed by atoms with Crippen molar-refractivity contribution in [3.8, 4) is 0 Å². The predicted octanol–water partition coefficient (Wildman–Crippen LogP) is -0.102. The average molecular weight is 350 g/mol. The van der Waals surface area contributed by atoms with Crippen LogP contribution in [0.4, 0.5) is 0 Å². The fourth-order valence-corrected chi connectivity index (χ4v) is 2.66. The molecule has 0 amide bonds. The van der Waals surface area contributed by atoms with Gasteiger partial charge in [0.1, 0.15) is 31.0 Å². The summed E-state index contributed by atoms with van der Waals surface area (Å²) in [5.41, 5.74) is 0. The van der Waals surface area contributed by atoms with Crippen molar-refractivity contribution in [1.82, 2.24) is 0 Å². The van der Waals surface area contributed by atoms with E-state index in [4.69, 9.17) is 33.2 Å². The molecule has 1 fully saturated rings. The van der Waals surface area contributed by atoms with Crippen LogP contribution < -0.4 is 0 Å². The summed E-state index contributed by atoms with van der Waals surface area (Å²) in [7, 11) is 5.81. The van der Waals surface area contributed by atoms with E-state index in [1.54, 1.807) is 0 Å². The third-order valence-corrected chi connectivity index (χ3v) is 3.73. The van der Waals surface area contributed by atoms with Crippen molar-refractivity contribution in [1.29, 1.82) is 0 Å². The Morgan fingerprint density at radius 2 is 1.54 bits per heavy atom. The molecule has 1 aliphatic heterocycles. The second kappa shape index (κ2) is 9.90. The molecular weight excluding hydrogens is 324 g/mol. The molecule has 0 radical (unpaired) electrons. The lowest BCUT2D eigenvalue weighted by atomic mass is 9.94. The second-order valence-electron chi connectivity index (χ2n) is 5.26. The number of hydrogen-bond donors (Lipinski definition) is 0. The van der Waals surface area contributed by atoms with E-state index in [0.717, 1.165) is 0 Å². The van der Waals surface area contributed by atoms with E-state index in [1.165, 1.54) is 42.3 Å². The van der Waals surface area contributed by atoms with Crippen molar-refractivity contribution in [2.75, 3.05) is 35.0 Å². The van der Waals surface area contributed by atoms with Crippen LogP contribution >= 0.6 is 0 Å². The molecule has 1 unspecified atom stereocenters. The average Bonchev–Trinajstić information content (AvgIpc) is 2.54. The molecule has 0 bridgehead atoms. The summed E-state index contributed by atoms with van der Waals surface area (Å²) in [4.78, 5) is 22.5. The van der Waals surface area contributed by atoms with Gasteiger partial charge in [0.05, 0.1) is 0 Å². The van der Waals surface area contributed by atoms with Crippen LogP contribution in [0.2, 0.25) is 0 Å². The summed E-state index contributed by atoms with van der Waals surface area (Å²) in [6.07, 6.45) is -4.34. The largest absolute Gasteiger partial charge is 0.463 e. The standard InChI is InChI=1S/C15H26O9/c1-8(16)22-7-10(18-3)11-12(19-4)13(23-9(2)17)14(20-5)15(21-6)24-11/h10-15H,7H2,1-6H3/t10-,11+,12+,13-,14-,15?/m0/s1. The maximum atomic E-state index is 11.5. The molecule has 6 atom stereocenters.